The Balaban J connectivity index is 1.10. The van der Waals surface area contributed by atoms with Gasteiger partial charge in [-0.3, -0.25) is 0 Å². The van der Waals surface area contributed by atoms with Gasteiger partial charge in [-0.25, -0.2) is 0 Å². The Morgan fingerprint density at radius 1 is 0.317 bits per heavy atom. The summed E-state index contributed by atoms with van der Waals surface area (Å²) in [6.45, 7) is 0. The Morgan fingerprint density at radius 2 is 0.867 bits per heavy atom. The van der Waals surface area contributed by atoms with Gasteiger partial charge in [0.15, 0.2) is 0 Å². The van der Waals surface area contributed by atoms with Crippen molar-refractivity contribution in [3.8, 4) is 50.2 Å². The van der Waals surface area contributed by atoms with Crippen LogP contribution >= 0.6 is 0 Å². The van der Waals surface area contributed by atoms with Crippen LogP contribution in [0.15, 0.2) is 243 Å². The minimum atomic E-state index is 1.09. The van der Waals surface area contributed by atoms with Gasteiger partial charge in [0.1, 0.15) is 0 Å². The molecule has 2 nitrogen and oxygen atoms in total. The molecule has 0 spiro atoms. The summed E-state index contributed by atoms with van der Waals surface area (Å²) in [6, 6.07) is 87.8. The first-order chi connectivity index (χ1) is 29.8. The van der Waals surface area contributed by atoms with Crippen LogP contribution in [0.1, 0.15) is 0 Å². The van der Waals surface area contributed by atoms with Gasteiger partial charge < -0.3 is 9.47 Å². The largest absolute Gasteiger partial charge is 0.310 e. The normalized spacial score (nSPS) is 11.3. The standard InChI is InChI=1S/C58H40N2/c1-4-18-41(19-5-1)49-27-12-13-28-50(49)44-34-37-47(38-35-44)59(55-32-15-14-29-51(55)42-20-6-2-7-21-42)48-26-16-23-45(40-48)52-31-17-33-56-57(52)54-39-36-43-22-10-11-30-53(43)58(54)60(56)46-24-8-3-9-25-46/h1-40H. The molecule has 0 radical (unpaired) electrons. The highest BCUT2D eigenvalue weighted by Gasteiger charge is 2.21. The van der Waals surface area contributed by atoms with E-state index in [0.717, 1.165) is 28.3 Å². The summed E-state index contributed by atoms with van der Waals surface area (Å²) in [4.78, 5) is 2.42. The van der Waals surface area contributed by atoms with E-state index in [1.165, 1.54) is 71.5 Å². The van der Waals surface area contributed by atoms with Gasteiger partial charge in [-0.1, -0.05) is 194 Å². The monoisotopic (exact) mass is 764 g/mol. The first-order valence-electron chi connectivity index (χ1n) is 20.6. The number of benzene rings is 10. The number of rotatable bonds is 8. The molecule has 282 valence electrons. The van der Waals surface area contributed by atoms with E-state index in [4.69, 9.17) is 0 Å². The first-order valence-corrected chi connectivity index (χ1v) is 20.6. The summed E-state index contributed by atoms with van der Waals surface area (Å²) in [5.41, 5.74) is 16.4. The molecule has 0 amide bonds. The van der Waals surface area contributed by atoms with E-state index in [9.17, 15) is 0 Å². The van der Waals surface area contributed by atoms with E-state index < -0.39 is 0 Å². The highest BCUT2D eigenvalue weighted by molar-refractivity contribution is 6.22. The molecular weight excluding hydrogens is 725 g/mol. The van der Waals surface area contributed by atoms with Crippen LogP contribution in [0.4, 0.5) is 17.1 Å². The summed E-state index contributed by atoms with van der Waals surface area (Å²) in [6.07, 6.45) is 0. The van der Waals surface area contributed by atoms with E-state index in [1.54, 1.807) is 0 Å². The van der Waals surface area contributed by atoms with Crippen molar-refractivity contribution in [2.75, 3.05) is 4.90 Å². The van der Waals surface area contributed by atoms with E-state index >= 15 is 0 Å². The van der Waals surface area contributed by atoms with Crippen molar-refractivity contribution < 1.29 is 0 Å². The first kappa shape index (κ1) is 35.2. The molecule has 2 heteroatoms. The highest BCUT2D eigenvalue weighted by Crippen LogP contribution is 2.45. The number of fused-ring (bicyclic) bond motifs is 5. The van der Waals surface area contributed by atoms with Crippen LogP contribution in [-0.4, -0.2) is 4.57 Å². The maximum atomic E-state index is 2.44. The average molecular weight is 765 g/mol. The summed E-state index contributed by atoms with van der Waals surface area (Å²) in [5.74, 6) is 0. The molecule has 0 unspecified atom stereocenters. The van der Waals surface area contributed by atoms with Crippen molar-refractivity contribution in [2.45, 2.75) is 0 Å². The molecular formula is C58H40N2. The molecule has 1 heterocycles. The second kappa shape index (κ2) is 15.1. The maximum absolute atomic E-state index is 2.44. The summed E-state index contributed by atoms with van der Waals surface area (Å²) < 4.78 is 2.44. The number of aromatic nitrogens is 1. The average Bonchev–Trinajstić information content (AvgIpc) is 3.68. The molecule has 0 bridgehead atoms. The molecule has 0 aliphatic rings. The van der Waals surface area contributed by atoms with Gasteiger partial charge in [0.05, 0.1) is 16.7 Å². The van der Waals surface area contributed by atoms with E-state index in [2.05, 4.69) is 252 Å². The predicted octanol–water partition coefficient (Wildman–Crippen LogP) is 16.1. The Kier molecular flexibility index (Phi) is 8.87. The lowest BCUT2D eigenvalue weighted by Crippen LogP contribution is -2.11. The molecule has 0 fully saturated rings. The zero-order chi connectivity index (χ0) is 39.8. The van der Waals surface area contributed by atoms with Crippen molar-refractivity contribution in [3.63, 3.8) is 0 Å². The molecule has 0 aliphatic heterocycles. The summed E-state index contributed by atoms with van der Waals surface area (Å²) in [5, 5.41) is 4.97. The Bertz CT molecular complexity index is 3290. The molecule has 0 atom stereocenters. The van der Waals surface area contributed by atoms with E-state index in [0.29, 0.717) is 0 Å². The van der Waals surface area contributed by atoms with Gasteiger partial charge in [-0.15, -0.1) is 0 Å². The van der Waals surface area contributed by atoms with Crippen LogP contribution in [0, 0.1) is 0 Å². The number of para-hydroxylation sites is 2. The SMILES string of the molecule is c1ccc(-c2ccccc2-c2ccc(N(c3cccc(-c4cccc5c4c4ccc6ccccc6c4n5-c4ccccc4)c3)c3ccccc3-c3ccccc3)cc2)cc1. The minimum absolute atomic E-state index is 1.09. The fraction of sp³-hybridized carbons (Fsp3) is 0. The maximum Gasteiger partial charge on any atom is 0.0619 e. The number of hydrogen-bond donors (Lipinski definition) is 0. The van der Waals surface area contributed by atoms with Gasteiger partial charge in [-0.2, -0.15) is 0 Å². The lowest BCUT2D eigenvalue weighted by Gasteiger charge is -2.28. The van der Waals surface area contributed by atoms with Crippen LogP contribution < -0.4 is 4.90 Å². The van der Waals surface area contributed by atoms with E-state index in [-0.39, 0.29) is 0 Å². The quantitative estimate of drug-likeness (QED) is 0.150. The smallest absolute Gasteiger partial charge is 0.0619 e. The number of nitrogens with zero attached hydrogens (tertiary/aromatic N) is 2. The fourth-order valence-electron chi connectivity index (χ4n) is 9.08. The minimum Gasteiger partial charge on any atom is -0.310 e. The number of hydrogen-bond acceptors (Lipinski definition) is 1. The topological polar surface area (TPSA) is 8.17 Å². The lowest BCUT2D eigenvalue weighted by atomic mass is 9.94. The van der Waals surface area contributed by atoms with Crippen LogP contribution in [0.2, 0.25) is 0 Å². The van der Waals surface area contributed by atoms with Gasteiger partial charge in [0.2, 0.25) is 0 Å². The Morgan fingerprint density at radius 3 is 1.60 bits per heavy atom. The third-order valence-electron chi connectivity index (χ3n) is 11.8. The van der Waals surface area contributed by atoms with Crippen molar-refractivity contribution >= 4 is 49.6 Å². The third kappa shape index (κ3) is 6.14. The molecule has 0 aliphatic carbocycles. The zero-order valence-corrected chi connectivity index (χ0v) is 33.0. The van der Waals surface area contributed by atoms with Crippen molar-refractivity contribution in [1.82, 2.24) is 4.57 Å². The van der Waals surface area contributed by atoms with Crippen LogP contribution in [0.25, 0.3) is 82.8 Å². The van der Waals surface area contributed by atoms with Crippen LogP contribution in [0.3, 0.4) is 0 Å². The molecule has 10 aromatic carbocycles. The summed E-state index contributed by atoms with van der Waals surface area (Å²) >= 11 is 0. The lowest BCUT2D eigenvalue weighted by molar-refractivity contribution is 1.19. The van der Waals surface area contributed by atoms with Crippen LogP contribution in [-0.2, 0) is 0 Å². The predicted molar refractivity (Wildman–Crippen MR) is 255 cm³/mol. The molecule has 11 aromatic rings. The second-order valence-corrected chi connectivity index (χ2v) is 15.3. The highest BCUT2D eigenvalue weighted by atomic mass is 15.1. The molecule has 0 N–H and O–H groups in total. The van der Waals surface area contributed by atoms with Gasteiger partial charge >= 0.3 is 0 Å². The molecule has 11 rings (SSSR count). The van der Waals surface area contributed by atoms with Crippen molar-refractivity contribution in [3.05, 3.63) is 243 Å². The van der Waals surface area contributed by atoms with E-state index in [1.807, 2.05) is 0 Å². The molecule has 0 saturated heterocycles. The summed E-state index contributed by atoms with van der Waals surface area (Å²) in [7, 11) is 0. The van der Waals surface area contributed by atoms with Gasteiger partial charge in [0, 0.05) is 38.8 Å². The fourth-order valence-corrected chi connectivity index (χ4v) is 9.08. The second-order valence-electron chi connectivity index (χ2n) is 15.3. The molecule has 1 aromatic heterocycles. The molecule has 0 saturated carbocycles. The molecule has 60 heavy (non-hydrogen) atoms. The van der Waals surface area contributed by atoms with Crippen LogP contribution in [0.5, 0.6) is 0 Å². The van der Waals surface area contributed by atoms with Gasteiger partial charge in [0.25, 0.3) is 0 Å². The zero-order valence-electron chi connectivity index (χ0n) is 33.0. The van der Waals surface area contributed by atoms with Gasteiger partial charge in [-0.05, 0) is 92.9 Å². The third-order valence-corrected chi connectivity index (χ3v) is 11.8. The number of anilines is 3. The Hall–Kier alpha value is -7.94. The van der Waals surface area contributed by atoms with Crippen molar-refractivity contribution in [2.24, 2.45) is 0 Å². The van der Waals surface area contributed by atoms with Crippen molar-refractivity contribution in [1.29, 1.82) is 0 Å². The Labute approximate surface area is 350 Å².